The van der Waals surface area contributed by atoms with Crippen LogP contribution < -0.4 is 20.7 Å². The van der Waals surface area contributed by atoms with Crippen molar-refractivity contribution in [2.75, 3.05) is 23.8 Å². The van der Waals surface area contributed by atoms with Gasteiger partial charge in [0.15, 0.2) is 0 Å². The Bertz CT molecular complexity index is 1370. The third-order valence-corrected chi connectivity index (χ3v) is 7.22. The monoisotopic (exact) mass is 569 g/mol. The Balaban J connectivity index is 1.19. The minimum Gasteiger partial charge on any atom is -0.487 e. The van der Waals surface area contributed by atoms with Gasteiger partial charge in [-0.3, -0.25) is 4.79 Å². The lowest BCUT2D eigenvalue weighted by Crippen LogP contribution is -2.47. The molecule has 0 bridgehead atoms. The van der Waals surface area contributed by atoms with Crippen molar-refractivity contribution >= 4 is 23.3 Å². The van der Waals surface area contributed by atoms with Gasteiger partial charge in [-0.05, 0) is 60.9 Å². The summed E-state index contributed by atoms with van der Waals surface area (Å²) in [6, 6.07) is 18.5. The van der Waals surface area contributed by atoms with Gasteiger partial charge in [-0.15, -0.1) is 0 Å². The number of hydrogen-bond acceptors (Lipinski definition) is 5. The molecule has 11 heteroatoms. The van der Waals surface area contributed by atoms with E-state index in [1.807, 2.05) is 30.3 Å². The summed E-state index contributed by atoms with van der Waals surface area (Å²) in [5.74, 6) is 0.289. The number of ether oxygens (including phenoxy) is 2. The molecule has 2 aliphatic rings. The number of amides is 3. The van der Waals surface area contributed by atoms with Gasteiger partial charge in [-0.25, -0.2) is 4.79 Å². The molecule has 3 amide bonds. The molecule has 0 unspecified atom stereocenters. The van der Waals surface area contributed by atoms with Gasteiger partial charge < -0.3 is 30.5 Å². The third kappa shape index (κ3) is 6.98. The van der Waals surface area contributed by atoms with Gasteiger partial charge in [-0.1, -0.05) is 30.3 Å². The largest absolute Gasteiger partial charge is 0.487 e. The zero-order valence-electron chi connectivity index (χ0n) is 22.0. The Labute approximate surface area is 234 Å². The number of fused-ring (bicyclic) bond motifs is 3. The fraction of sp³-hybridized carbons (Fsp3) is 0.333. The molecule has 0 aromatic heterocycles. The van der Waals surface area contributed by atoms with Crippen LogP contribution in [0.15, 0.2) is 72.8 Å². The first kappa shape index (κ1) is 28.4. The van der Waals surface area contributed by atoms with Crippen LogP contribution in [0.1, 0.15) is 35.4 Å². The van der Waals surface area contributed by atoms with E-state index in [9.17, 15) is 27.9 Å². The molecule has 3 aromatic rings. The van der Waals surface area contributed by atoms with E-state index in [1.54, 1.807) is 18.2 Å². The maximum Gasteiger partial charge on any atom is 0.416 e. The zero-order valence-corrected chi connectivity index (χ0v) is 22.0. The lowest BCUT2D eigenvalue weighted by atomic mass is 9.84. The van der Waals surface area contributed by atoms with Crippen molar-refractivity contribution in [3.05, 3.63) is 89.5 Å². The summed E-state index contributed by atoms with van der Waals surface area (Å²) >= 11 is 0. The molecule has 8 nitrogen and oxygen atoms in total. The molecule has 4 N–H and O–H groups in total. The number of rotatable bonds is 8. The number of urea groups is 1. The molecule has 1 fully saturated rings. The van der Waals surface area contributed by atoms with Crippen LogP contribution in [-0.4, -0.2) is 48.5 Å². The number of alkyl halides is 3. The second-order valence-corrected chi connectivity index (χ2v) is 10.1. The van der Waals surface area contributed by atoms with E-state index in [4.69, 9.17) is 9.47 Å². The van der Waals surface area contributed by atoms with Crippen molar-refractivity contribution in [2.24, 2.45) is 0 Å². The van der Waals surface area contributed by atoms with Crippen molar-refractivity contribution < 1.29 is 37.3 Å². The maximum atomic E-state index is 12.8. The summed E-state index contributed by atoms with van der Waals surface area (Å²) < 4.78 is 50.5. The summed E-state index contributed by atoms with van der Waals surface area (Å²) in [6.45, 7) is 0.225. The molecule has 0 radical (unpaired) electrons. The highest BCUT2D eigenvalue weighted by Gasteiger charge is 2.46. The molecule has 216 valence electrons. The molecular weight excluding hydrogens is 539 g/mol. The van der Waals surface area contributed by atoms with Crippen LogP contribution in [0.3, 0.4) is 0 Å². The summed E-state index contributed by atoms with van der Waals surface area (Å²) in [6.07, 6.45) is -4.62. The first-order chi connectivity index (χ1) is 19.7. The Hall–Kier alpha value is -4.09. The Morgan fingerprint density at radius 2 is 1.66 bits per heavy atom. The summed E-state index contributed by atoms with van der Waals surface area (Å²) in [7, 11) is 0. The van der Waals surface area contributed by atoms with Gasteiger partial charge in [0.1, 0.15) is 18.0 Å². The number of anilines is 2. The molecular formula is C30H30F3N3O5. The molecule has 0 saturated carbocycles. The minimum absolute atomic E-state index is 0.136. The molecule has 41 heavy (non-hydrogen) atoms. The SMILES string of the molecule is O=C(C[C@@H]1C[C@H]2c3cc(NC(=O)Nc4ccc(C(F)(F)F)cc4)ccc3O[C@H]2[C@H](CO)O1)NCCc1ccccc1. The number of carbonyl (C=O) groups is 2. The lowest BCUT2D eigenvalue weighted by molar-refractivity contribution is -0.142. The molecule has 2 aliphatic heterocycles. The molecule has 1 saturated heterocycles. The van der Waals surface area contributed by atoms with Crippen molar-refractivity contribution in [1.82, 2.24) is 5.32 Å². The molecule has 5 rings (SSSR count). The first-order valence-electron chi connectivity index (χ1n) is 13.3. The molecule has 0 aliphatic carbocycles. The van der Waals surface area contributed by atoms with Crippen LogP contribution in [0.5, 0.6) is 5.75 Å². The normalized spacial score (nSPS) is 21.3. The highest BCUT2D eigenvalue weighted by atomic mass is 19.4. The van der Waals surface area contributed by atoms with Crippen LogP contribution in [0.2, 0.25) is 0 Å². The standard InChI is InChI=1S/C30H30F3N3O5/c31-30(32,33)19-6-8-20(9-7-19)35-29(39)36-21-10-11-25-23(14-21)24-15-22(40-26(17-37)28(24)41-25)16-27(38)34-13-12-18-4-2-1-3-5-18/h1-11,14,22,24,26,28,37H,12-13,15-17H2,(H,34,38)(H2,35,36,39)/t22-,24-,26-,28+/m0/s1. The zero-order chi connectivity index (χ0) is 29.0. The number of aliphatic hydroxyl groups is 1. The summed E-state index contributed by atoms with van der Waals surface area (Å²) in [5.41, 5.74) is 1.80. The van der Waals surface area contributed by atoms with E-state index < -0.39 is 36.1 Å². The van der Waals surface area contributed by atoms with Crippen molar-refractivity contribution in [3.8, 4) is 5.75 Å². The highest BCUT2D eigenvalue weighted by molar-refractivity contribution is 5.99. The number of carbonyl (C=O) groups excluding carboxylic acids is 2. The predicted molar refractivity (Wildman–Crippen MR) is 146 cm³/mol. The second kappa shape index (κ2) is 12.2. The number of aliphatic hydroxyl groups excluding tert-OH is 1. The summed E-state index contributed by atoms with van der Waals surface area (Å²) in [5, 5.41) is 18.1. The summed E-state index contributed by atoms with van der Waals surface area (Å²) in [4.78, 5) is 25.2. The van der Waals surface area contributed by atoms with E-state index in [0.29, 0.717) is 30.8 Å². The van der Waals surface area contributed by atoms with Gasteiger partial charge in [0.25, 0.3) is 0 Å². The number of nitrogens with one attached hydrogen (secondary N) is 3. The van der Waals surface area contributed by atoms with Crippen LogP contribution in [0.4, 0.5) is 29.3 Å². The topological polar surface area (TPSA) is 109 Å². The van der Waals surface area contributed by atoms with Crippen molar-refractivity contribution in [1.29, 1.82) is 0 Å². The molecule has 3 aromatic carbocycles. The average molecular weight is 570 g/mol. The lowest BCUT2D eigenvalue weighted by Gasteiger charge is -2.37. The minimum atomic E-state index is -4.46. The quantitative estimate of drug-likeness (QED) is 0.302. The van der Waals surface area contributed by atoms with Crippen LogP contribution in [0, 0.1) is 0 Å². The van der Waals surface area contributed by atoms with Crippen LogP contribution >= 0.6 is 0 Å². The van der Waals surface area contributed by atoms with Gasteiger partial charge in [0, 0.05) is 29.4 Å². The van der Waals surface area contributed by atoms with Crippen molar-refractivity contribution in [2.45, 2.75) is 49.7 Å². The van der Waals surface area contributed by atoms with E-state index in [1.165, 1.54) is 12.1 Å². The van der Waals surface area contributed by atoms with E-state index in [2.05, 4.69) is 16.0 Å². The van der Waals surface area contributed by atoms with Gasteiger partial charge in [0.05, 0.1) is 24.7 Å². The van der Waals surface area contributed by atoms with Gasteiger partial charge >= 0.3 is 12.2 Å². The van der Waals surface area contributed by atoms with Crippen LogP contribution in [-0.2, 0) is 22.1 Å². The van der Waals surface area contributed by atoms with Crippen LogP contribution in [0.25, 0.3) is 0 Å². The van der Waals surface area contributed by atoms with E-state index >= 15 is 0 Å². The number of halogens is 3. The number of hydrogen-bond donors (Lipinski definition) is 4. The van der Waals surface area contributed by atoms with Crippen molar-refractivity contribution in [3.63, 3.8) is 0 Å². The fourth-order valence-electron chi connectivity index (χ4n) is 5.27. The highest BCUT2D eigenvalue weighted by Crippen LogP contribution is 2.47. The maximum absolute atomic E-state index is 12.8. The number of benzene rings is 3. The van der Waals surface area contributed by atoms with Gasteiger partial charge in [-0.2, -0.15) is 13.2 Å². The molecule has 2 heterocycles. The molecule has 0 spiro atoms. The van der Waals surface area contributed by atoms with E-state index in [-0.39, 0.29) is 30.5 Å². The third-order valence-electron chi connectivity index (χ3n) is 7.22. The Kier molecular flexibility index (Phi) is 8.46. The molecule has 4 atom stereocenters. The fourth-order valence-corrected chi connectivity index (χ4v) is 5.27. The Morgan fingerprint density at radius 1 is 0.951 bits per heavy atom. The van der Waals surface area contributed by atoms with Gasteiger partial charge in [0.2, 0.25) is 5.91 Å². The Morgan fingerprint density at radius 3 is 2.37 bits per heavy atom. The average Bonchev–Trinajstić information content (AvgIpc) is 3.31. The second-order valence-electron chi connectivity index (χ2n) is 10.1. The van der Waals surface area contributed by atoms with E-state index in [0.717, 1.165) is 23.3 Å². The predicted octanol–water partition coefficient (Wildman–Crippen LogP) is 5.09. The smallest absolute Gasteiger partial charge is 0.416 e. The first-order valence-corrected chi connectivity index (χ1v) is 13.3.